The number of nitrogens with one attached hydrogen (secondary N) is 1. The Morgan fingerprint density at radius 1 is 1.25 bits per heavy atom. The van der Waals surface area contributed by atoms with E-state index in [4.69, 9.17) is 11.6 Å². The molecule has 0 bridgehead atoms. The summed E-state index contributed by atoms with van der Waals surface area (Å²) in [6.07, 6.45) is 0. The summed E-state index contributed by atoms with van der Waals surface area (Å²) in [6.45, 7) is 3.16. The summed E-state index contributed by atoms with van der Waals surface area (Å²) in [4.78, 5) is 10.8. The van der Waals surface area contributed by atoms with E-state index in [1.807, 2.05) is 0 Å². The molecular weight excluding hydrogens is 250 g/mol. The van der Waals surface area contributed by atoms with Gasteiger partial charge in [0, 0.05) is 11.3 Å². The number of benzene rings is 1. The molecule has 0 saturated carbocycles. The first-order valence-corrected chi connectivity index (χ1v) is 6.57. The van der Waals surface area contributed by atoms with Gasteiger partial charge in [0.05, 0.1) is 5.25 Å². The average Bonchev–Trinajstić information content (AvgIpc) is 2.17. The summed E-state index contributed by atoms with van der Waals surface area (Å²) in [6, 6.07) is 5.92. The van der Waals surface area contributed by atoms with Gasteiger partial charge in [-0.05, 0) is 49.7 Å². The van der Waals surface area contributed by atoms with Crippen LogP contribution in [-0.4, -0.2) is 18.9 Å². The molecule has 0 fully saturated rings. The van der Waals surface area contributed by atoms with Crippen LogP contribution in [0.2, 0.25) is 0 Å². The van der Waals surface area contributed by atoms with Crippen molar-refractivity contribution in [3.63, 3.8) is 0 Å². The van der Waals surface area contributed by atoms with Crippen molar-refractivity contribution >= 4 is 32.6 Å². The third-order valence-electron chi connectivity index (χ3n) is 1.99. The molecule has 1 rings (SSSR count). The Kier molecular flexibility index (Phi) is 3.93. The lowest BCUT2D eigenvalue weighted by atomic mass is 10.2. The first kappa shape index (κ1) is 13.0. The normalized spacial score (nSPS) is 11.5. The third kappa shape index (κ3) is 3.21. The van der Waals surface area contributed by atoms with Crippen molar-refractivity contribution in [3.8, 4) is 0 Å². The molecule has 4 nitrogen and oxygen atoms in total. The van der Waals surface area contributed by atoms with Gasteiger partial charge in [0.1, 0.15) is 0 Å². The number of hydrogen-bond acceptors (Lipinski definition) is 3. The van der Waals surface area contributed by atoms with E-state index in [1.54, 1.807) is 13.8 Å². The van der Waals surface area contributed by atoms with Crippen molar-refractivity contribution in [2.45, 2.75) is 19.1 Å². The van der Waals surface area contributed by atoms with E-state index in [2.05, 4.69) is 4.72 Å². The van der Waals surface area contributed by atoms with Crippen molar-refractivity contribution in [1.82, 2.24) is 0 Å². The van der Waals surface area contributed by atoms with E-state index in [0.29, 0.717) is 11.3 Å². The Hall–Kier alpha value is -1.07. The quantitative estimate of drug-likeness (QED) is 0.846. The molecule has 88 valence electrons. The van der Waals surface area contributed by atoms with Gasteiger partial charge in [0.15, 0.2) is 0 Å². The minimum Gasteiger partial charge on any atom is -0.283 e. The van der Waals surface area contributed by atoms with Crippen molar-refractivity contribution in [1.29, 1.82) is 0 Å². The molecule has 6 heteroatoms. The smallest absolute Gasteiger partial charge is 0.252 e. The van der Waals surface area contributed by atoms with E-state index in [1.165, 1.54) is 24.3 Å². The first-order chi connectivity index (χ1) is 7.33. The van der Waals surface area contributed by atoms with Gasteiger partial charge in [0.2, 0.25) is 10.0 Å². The minimum atomic E-state index is -3.35. The Morgan fingerprint density at radius 2 is 1.75 bits per heavy atom. The fraction of sp³-hybridized carbons (Fsp3) is 0.300. The zero-order chi connectivity index (χ0) is 12.3. The highest BCUT2D eigenvalue weighted by Gasteiger charge is 2.15. The van der Waals surface area contributed by atoms with E-state index in [0.717, 1.165) is 0 Å². The molecule has 0 spiro atoms. The van der Waals surface area contributed by atoms with Crippen molar-refractivity contribution in [2.24, 2.45) is 0 Å². The van der Waals surface area contributed by atoms with Crippen LogP contribution < -0.4 is 4.72 Å². The molecule has 0 aromatic heterocycles. The van der Waals surface area contributed by atoms with Crippen molar-refractivity contribution in [3.05, 3.63) is 29.8 Å². The lowest BCUT2D eigenvalue weighted by Gasteiger charge is -2.10. The second-order valence-corrected chi connectivity index (χ2v) is 6.13. The largest absolute Gasteiger partial charge is 0.283 e. The molecule has 0 saturated heterocycles. The van der Waals surface area contributed by atoms with Gasteiger partial charge in [-0.25, -0.2) is 8.42 Å². The molecule has 0 amide bonds. The van der Waals surface area contributed by atoms with Gasteiger partial charge in [-0.15, -0.1) is 0 Å². The molecule has 1 aromatic rings. The van der Waals surface area contributed by atoms with Crippen LogP contribution in [-0.2, 0) is 10.0 Å². The molecule has 0 aliphatic carbocycles. The van der Waals surface area contributed by atoms with Gasteiger partial charge < -0.3 is 0 Å². The highest BCUT2D eigenvalue weighted by Crippen LogP contribution is 2.14. The summed E-state index contributed by atoms with van der Waals surface area (Å²) in [5.74, 6) is 0. The highest BCUT2D eigenvalue weighted by atomic mass is 35.5. The Morgan fingerprint density at radius 3 is 2.12 bits per heavy atom. The first-order valence-electron chi connectivity index (χ1n) is 4.64. The molecule has 0 aliphatic heterocycles. The molecule has 0 atom stereocenters. The van der Waals surface area contributed by atoms with E-state index >= 15 is 0 Å². The van der Waals surface area contributed by atoms with E-state index in [-0.39, 0.29) is 0 Å². The maximum Gasteiger partial charge on any atom is 0.252 e. The van der Waals surface area contributed by atoms with E-state index < -0.39 is 20.5 Å². The van der Waals surface area contributed by atoms with Crippen molar-refractivity contribution < 1.29 is 13.2 Å². The van der Waals surface area contributed by atoms with Crippen LogP contribution in [0, 0.1) is 0 Å². The van der Waals surface area contributed by atoms with Crippen LogP contribution in [0.4, 0.5) is 5.69 Å². The van der Waals surface area contributed by atoms with Crippen LogP contribution in [0.1, 0.15) is 24.2 Å². The molecular formula is C10H12ClNO3S. The third-order valence-corrected chi connectivity index (χ3v) is 3.97. The number of carbonyl (C=O) groups excluding carboxylic acids is 1. The fourth-order valence-corrected chi connectivity index (χ4v) is 1.78. The Labute approximate surface area is 99.7 Å². The fourth-order valence-electron chi connectivity index (χ4n) is 0.951. The number of carbonyl (C=O) groups is 1. The number of rotatable bonds is 4. The monoisotopic (exact) mass is 261 g/mol. The van der Waals surface area contributed by atoms with Gasteiger partial charge in [-0.1, -0.05) is 0 Å². The lowest BCUT2D eigenvalue weighted by Crippen LogP contribution is -2.22. The SMILES string of the molecule is CC(C)S(=O)(=O)Nc1ccc(C(=O)Cl)cc1. The standard InChI is InChI=1S/C10H12ClNO3S/c1-7(2)16(14,15)12-9-5-3-8(4-6-9)10(11)13/h3-7,12H,1-2H3. The maximum atomic E-state index is 11.5. The zero-order valence-electron chi connectivity index (χ0n) is 8.90. The summed E-state index contributed by atoms with van der Waals surface area (Å²) in [7, 11) is -3.35. The second kappa shape index (κ2) is 4.84. The molecule has 0 radical (unpaired) electrons. The van der Waals surface area contributed by atoms with Crippen LogP contribution in [0.25, 0.3) is 0 Å². The maximum absolute atomic E-state index is 11.5. The molecule has 0 aliphatic rings. The highest BCUT2D eigenvalue weighted by molar-refractivity contribution is 7.93. The van der Waals surface area contributed by atoms with Crippen LogP contribution >= 0.6 is 11.6 Å². The summed E-state index contributed by atoms with van der Waals surface area (Å²) in [5.41, 5.74) is 0.740. The van der Waals surface area contributed by atoms with Crippen LogP contribution in [0.5, 0.6) is 0 Å². The van der Waals surface area contributed by atoms with Crippen LogP contribution in [0.15, 0.2) is 24.3 Å². The predicted molar refractivity (Wildman–Crippen MR) is 64.3 cm³/mol. The minimum absolute atomic E-state index is 0.328. The zero-order valence-corrected chi connectivity index (χ0v) is 10.5. The molecule has 16 heavy (non-hydrogen) atoms. The predicted octanol–water partition coefficient (Wildman–Crippen LogP) is 2.22. The van der Waals surface area contributed by atoms with Crippen LogP contribution in [0.3, 0.4) is 0 Å². The summed E-state index contributed by atoms with van der Waals surface area (Å²) >= 11 is 5.26. The van der Waals surface area contributed by atoms with Gasteiger partial charge in [-0.2, -0.15) is 0 Å². The number of sulfonamides is 1. The number of hydrogen-bond donors (Lipinski definition) is 1. The summed E-state index contributed by atoms with van der Waals surface area (Å²) in [5, 5.41) is -1.08. The number of anilines is 1. The second-order valence-electron chi connectivity index (χ2n) is 3.55. The van der Waals surface area contributed by atoms with Crippen molar-refractivity contribution in [2.75, 3.05) is 4.72 Å². The summed E-state index contributed by atoms with van der Waals surface area (Å²) < 4.78 is 25.4. The Balaban J connectivity index is 2.89. The lowest BCUT2D eigenvalue weighted by molar-refractivity contribution is 0.108. The molecule has 1 N–H and O–H groups in total. The van der Waals surface area contributed by atoms with Gasteiger partial charge in [-0.3, -0.25) is 9.52 Å². The van der Waals surface area contributed by atoms with Gasteiger partial charge in [0.25, 0.3) is 5.24 Å². The Bertz CT molecular complexity index is 479. The average molecular weight is 262 g/mol. The molecule has 1 aromatic carbocycles. The molecule has 0 heterocycles. The molecule has 0 unspecified atom stereocenters. The van der Waals surface area contributed by atoms with E-state index in [9.17, 15) is 13.2 Å². The van der Waals surface area contributed by atoms with Gasteiger partial charge >= 0.3 is 0 Å². The topological polar surface area (TPSA) is 63.2 Å². The number of halogens is 1.